The summed E-state index contributed by atoms with van der Waals surface area (Å²) in [7, 11) is 0. The highest BCUT2D eigenvalue weighted by Crippen LogP contribution is 2.09. The maximum atomic E-state index is 7.55. The summed E-state index contributed by atoms with van der Waals surface area (Å²) in [5, 5.41) is 0. The van der Waals surface area contributed by atoms with Gasteiger partial charge in [0.15, 0.2) is 0 Å². The van der Waals surface area contributed by atoms with Gasteiger partial charge in [-0.15, -0.1) is 6.58 Å². The third kappa shape index (κ3) is 9.62. The van der Waals surface area contributed by atoms with Gasteiger partial charge in [-0.25, -0.2) is 0 Å². The van der Waals surface area contributed by atoms with E-state index in [-0.39, 0.29) is 6.04 Å². The molecule has 0 aliphatic carbocycles. The lowest BCUT2D eigenvalue weighted by Crippen LogP contribution is -2.05. The quantitative estimate of drug-likeness (QED) is 0.381. The third-order valence-corrected chi connectivity index (χ3v) is 2.45. The van der Waals surface area contributed by atoms with E-state index >= 15 is 0 Å². The molecule has 1 unspecified atom stereocenters. The number of rotatable bonds is 9. The molecule has 0 aliphatic heterocycles. The first kappa shape index (κ1) is 12.7. The zero-order valence-corrected chi connectivity index (χ0v) is 9.02. The van der Waals surface area contributed by atoms with Crippen LogP contribution in [-0.4, -0.2) is 6.04 Å². The van der Waals surface area contributed by atoms with Crippen LogP contribution in [0.25, 0.3) is 0 Å². The minimum absolute atomic E-state index is 0.188. The SMILES string of the molecule is C=CCCCCCCCC([NH])CC. The van der Waals surface area contributed by atoms with Crippen molar-refractivity contribution in [2.75, 3.05) is 0 Å². The maximum absolute atomic E-state index is 7.55. The average Bonchev–Trinajstić information content (AvgIpc) is 2.16. The molecule has 0 heterocycles. The molecule has 0 aliphatic rings. The van der Waals surface area contributed by atoms with Crippen molar-refractivity contribution in [3.63, 3.8) is 0 Å². The third-order valence-electron chi connectivity index (χ3n) is 2.45. The molecular formula is C12H24N. The predicted octanol–water partition coefficient (Wildman–Crippen LogP) is 3.96. The summed E-state index contributed by atoms with van der Waals surface area (Å²) in [4.78, 5) is 0. The second-order valence-electron chi connectivity index (χ2n) is 3.74. The van der Waals surface area contributed by atoms with Crippen LogP contribution in [0.3, 0.4) is 0 Å². The summed E-state index contributed by atoms with van der Waals surface area (Å²) < 4.78 is 0. The van der Waals surface area contributed by atoms with E-state index in [2.05, 4.69) is 13.5 Å². The lowest BCUT2D eigenvalue weighted by Gasteiger charge is -2.06. The van der Waals surface area contributed by atoms with E-state index in [1.165, 1.54) is 32.1 Å². The lowest BCUT2D eigenvalue weighted by atomic mass is 10.0. The molecule has 0 fully saturated rings. The molecule has 0 aromatic heterocycles. The Labute approximate surface area is 83.4 Å². The molecule has 0 bridgehead atoms. The molecule has 13 heavy (non-hydrogen) atoms. The van der Waals surface area contributed by atoms with Gasteiger partial charge in [-0.1, -0.05) is 38.7 Å². The lowest BCUT2D eigenvalue weighted by molar-refractivity contribution is 0.518. The van der Waals surface area contributed by atoms with Crippen molar-refractivity contribution in [1.82, 2.24) is 5.73 Å². The number of nitrogens with one attached hydrogen (secondary N) is 1. The van der Waals surface area contributed by atoms with Crippen LogP contribution < -0.4 is 5.73 Å². The summed E-state index contributed by atoms with van der Waals surface area (Å²) >= 11 is 0. The predicted molar refractivity (Wildman–Crippen MR) is 59.7 cm³/mol. The fourth-order valence-corrected chi connectivity index (χ4v) is 1.41. The first-order valence-electron chi connectivity index (χ1n) is 5.63. The summed E-state index contributed by atoms with van der Waals surface area (Å²) in [6.07, 6.45) is 11.8. The van der Waals surface area contributed by atoms with Gasteiger partial charge in [0.25, 0.3) is 0 Å². The Kier molecular flexibility index (Phi) is 9.56. The van der Waals surface area contributed by atoms with Crippen LogP contribution >= 0.6 is 0 Å². The Bertz CT molecular complexity index is 110. The first-order valence-corrected chi connectivity index (χ1v) is 5.63. The van der Waals surface area contributed by atoms with Gasteiger partial charge in [0.2, 0.25) is 0 Å². The Morgan fingerprint density at radius 2 is 1.77 bits per heavy atom. The van der Waals surface area contributed by atoms with E-state index < -0.39 is 0 Å². The molecule has 1 atom stereocenters. The van der Waals surface area contributed by atoms with Gasteiger partial charge < -0.3 is 0 Å². The van der Waals surface area contributed by atoms with Crippen molar-refractivity contribution < 1.29 is 0 Å². The molecule has 0 rings (SSSR count). The minimum atomic E-state index is 0.188. The number of unbranched alkanes of at least 4 members (excludes halogenated alkanes) is 5. The highest BCUT2D eigenvalue weighted by Gasteiger charge is 1.98. The van der Waals surface area contributed by atoms with Gasteiger partial charge >= 0.3 is 0 Å². The maximum Gasteiger partial charge on any atom is 0.0210 e. The fourth-order valence-electron chi connectivity index (χ4n) is 1.41. The fraction of sp³-hybridized carbons (Fsp3) is 0.833. The van der Waals surface area contributed by atoms with Crippen molar-refractivity contribution in [2.24, 2.45) is 0 Å². The smallest absolute Gasteiger partial charge is 0.0210 e. The van der Waals surface area contributed by atoms with E-state index in [1.54, 1.807) is 0 Å². The van der Waals surface area contributed by atoms with Crippen LogP contribution in [0.5, 0.6) is 0 Å². The largest absolute Gasteiger partial charge is 0.255 e. The molecule has 0 saturated heterocycles. The summed E-state index contributed by atoms with van der Waals surface area (Å²) in [5.41, 5.74) is 7.55. The molecular weight excluding hydrogens is 158 g/mol. The van der Waals surface area contributed by atoms with Crippen molar-refractivity contribution in [3.05, 3.63) is 12.7 Å². The zero-order chi connectivity index (χ0) is 9.94. The van der Waals surface area contributed by atoms with Crippen molar-refractivity contribution in [2.45, 2.75) is 64.3 Å². The van der Waals surface area contributed by atoms with Gasteiger partial charge in [-0.05, 0) is 25.7 Å². The summed E-state index contributed by atoms with van der Waals surface area (Å²) in [6, 6.07) is 0.188. The van der Waals surface area contributed by atoms with Crippen molar-refractivity contribution in [3.8, 4) is 0 Å². The second kappa shape index (κ2) is 9.79. The van der Waals surface area contributed by atoms with Crippen LogP contribution in [0.1, 0.15) is 58.3 Å². The van der Waals surface area contributed by atoms with Crippen molar-refractivity contribution >= 4 is 0 Å². The van der Waals surface area contributed by atoms with Crippen molar-refractivity contribution in [1.29, 1.82) is 0 Å². The molecule has 1 N–H and O–H groups in total. The molecule has 0 amide bonds. The van der Waals surface area contributed by atoms with Crippen LogP contribution in [0.15, 0.2) is 12.7 Å². The normalized spacial score (nSPS) is 12.8. The minimum Gasteiger partial charge on any atom is -0.255 e. The molecule has 77 valence electrons. The van der Waals surface area contributed by atoms with Crippen LogP contribution in [-0.2, 0) is 0 Å². The number of allylic oxidation sites excluding steroid dienone is 1. The van der Waals surface area contributed by atoms with Crippen LogP contribution in [0.2, 0.25) is 0 Å². The van der Waals surface area contributed by atoms with E-state index in [0.29, 0.717) is 0 Å². The van der Waals surface area contributed by atoms with Gasteiger partial charge in [-0.3, -0.25) is 5.73 Å². The van der Waals surface area contributed by atoms with Gasteiger partial charge in [0.1, 0.15) is 0 Å². The molecule has 1 heteroatoms. The monoisotopic (exact) mass is 182 g/mol. The van der Waals surface area contributed by atoms with Crippen LogP contribution in [0.4, 0.5) is 0 Å². The van der Waals surface area contributed by atoms with Gasteiger partial charge in [0, 0.05) is 6.04 Å². The molecule has 1 nitrogen and oxygen atoms in total. The summed E-state index contributed by atoms with van der Waals surface area (Å²) in [6.45, 7) is 5.80. The average molecular weight is 182 g/mol. The van der Waals surface area contributed by atoms with E-state index in [0.717, 1.165) is 19.3 Å². The number of hydrogen-bond donors (Lipinski definition) is 0. The highest BCUT2D eigenvalue weighted by atomic mass is 14.6. The summed E-state index contributed by atoms with van der Waals surface area (Å²) in [5.74, 6) is 0. The van der Waals surface area contributed by atoms with Crippen LogP contribution in [0, 0.1) is 0 Å². The Balaban J connectivity index is 2.95. The molecule has 0 aromatic carbocycles. The molecule has 0 spiro atoms. The number of hydrogen-bond acceptors (Lipinski definition) is 0. The molecule has 1 radical (unpaired) electrons. The van der Waals surface area contributed by atoms with E-state index in [4.69, 9.17) is 5.73 Å². The molecule has 0 saturated carbocycles. The Hall–Kier alpha value is -0.300. The van der Waals surface area contributed by atoms with Gasteiger partial charge in [-0.2, -0.15) is 0 Å². The van der Waals surface area contributed by atoms with E-state index in [9.17, 15) is 0 Å². The molecule has 0 aromatic rings. The topological polar surface area (TPSA) is 23.8 Å². The first-order chi connectivity index (χ1) is 6.31. The second-order valence-corrected chi connectivity index (χ2v) is 3.74. The zero-order valence-electron chi connectivity index (χ0n) is 9.02. The van der Waals surface area contributed by atoms with Gasteiger partial charge in [0.05, 0.1) is 0 Å². The standard InChI is InChI=1S/C12H24N/c1-3-5-6-7-8-9-10-11-12(13)4-2/h3,12-13H,1,4-11H2,2H3. The van der Waals surface area contributed by atoms with E-state index in [1.807, 2.05) is 6.08 Å². The Morgan fingerprint density at radius 1 is 1.15 bits per heavy atom. The highest BCUT2D eigenvalue weighted by molar-refractivity contribution is 4.65. The Morgan fingerprint density at radius 3 is 2.38 bits per heavy atom.